The van der Waals surface area contributed by atoms with Crippen LogP contribution in [-0.4, -0.2) is 24.5 Å². The van der Waals surface area contributed by atoms with Gasteiger partial charge in [-0.1, -0.05) is 42.5 Å². The average Bonchev–Trinajstić information content (AvgIpc) is 3.12. The Morgan fingerprint density at radius 1 is 0.964 bits per heavy atom. The summed E-state index contributed by atoms with van der Waals surface area (Å²) in [6.45, 7) is 2.70. The molecule has 0 bridgehead atoms. The smallest absolute Gasteiger partial charge is 0.165 e. The number of hydrogen-bond acceptors (Lipinski definition) is 5. The Kier molecular flexibility index (Phi) is 3.76. The number of nitrogen functional groups attached to an aromatic ring is 1. The van der Waals surface area contributed by atoms with Crippen molar-refractivity contribution in [3.8, 4) is 11.3 Å². The first-order valence-electron chi connectivity index (χ1n) is 9.06. The summed E-state index contributed by atoms with van der Waals surface area (Å²) in [5.41, 5.74) is 12.6. The minimum absolute atomic E-state index is 0.388. The number of benzene rings is 2. The van der Waals surface area contributed by atoms with Gasteiger partial charge in [-0.05, 0) is 30.2 Å². The molecule has 2 aromatic carbocycles. The highest BCUT2D eigenvalue weighted by molar-refractivity contribution is 5.84. The maximum absolute atomic E-state index is 5.94. The van der Waals surface area contributed by atoms with E-state index >= 15 is 0 Å². The Morgan fingerprint density at radius 3 is 2.68 bits per heavy atom. The van der Waals surface area contributed by atoms with Crippen LogP contribution in [-0.2, 0) is 6.54 Å². The van der Waals surface area contributed by atoms with Crippen LogP contribution in [0.5, 0.6) is 0 Å². The summed E-state index contributed by atoms with van der Waals surface area (Å²) in [7, 11) is 0. The Hall–Kier alpha value is -3.80. The van der Waals surface area contributed by atoms with Crippen molar-refractivity contribution in [2.75, 3.05) is 5.73 Å². The first kappa shape index (κ1) is 16.4. The highest BCUT2D eigenvalue weighted by atomic mass is 15.1. The number of anilines is 1. The molecule has 0 fully saturated rings. The second kappa shape index (κ2) is 6.42. The Labute approximate surface area is 161 Å². The molecule has 6 heteroatoms. The minimum atomic E-state index is 0.388. The molecule has 3 aromatic heterocycles. The monoisotopic (exact) mass is 366 g/mol. The molecule has 3 heterocycles. The van der Waals surface area contributed by atoms with E-state index < -0.39 is 0 Å². The van der Waals surface area contributed by atoms with E-state index in [1.165, 1.54) is 11.9 Å². The first-order valence-corrected chi connectivity index (χ1v) is 9.06. The van der Waals surface area contributed by atoms with E-state index in [9.17, 15) is 0 Å². The largest absolute Gasteiger partial charge is 0.382 e. The number of nitrogens with two attached hydrogens (primary N) is 1. The van der Waals surface area contributed by atoms with Crippen LogP contribution in [0.15, 0.2) is 67.3 Å². The fraction of sp³-hybridized carbons (Fsp3) is 0.0909. The Balaban J connectivity index is 1.72. The van der Waals surface area contributed by atoms with E-state index in [1.54, 1.807) is 6.33 Å². The third-order valence-corrected chi connectivity index (χ3v) is 4.97. The number of para-hydroxylation sites is 1. The van der Waals surface area contributed by atoms with Crippen LogP contribution in [0.2, 0.25) is 0 Å². The standard InChI is InChI=1S/C22H18N6/c1-14-6-2-4-8-17(14)19-16(10-15-7-3-5-9-18(15)27-19)11-28-13-26-20-21(23)24-12-25-22(20)28/h2-10,12-13H,11H2,1H3,(H2,23,24,25). The predicted octanol–water partition coefficient (Wildman–Crippen LogP) is 3.98. The molecule has 28 heavy (non-hydrogen) atoms. The highest BCUT2D eigenvalue weighted by Gasteiger charge is 2.14. The summed E-state index contributed by atoms with van der Waals surface area (Å²) in [6.07, 6.45) is 3.23. The number of rotatable bonds is 3. The lowest BCUT2D eigenvalue weighted by Gasteiger charge is -2.14. The van der Waals surface area contributed by atoms with Crippen LogP contribution in [0.1, 0.15) is 11.1 Å². The maximum Gasteiger partial charge on any atom is 0.165 e. The second-order valence-corrected chi connectivity index (χ2v) is 6.81. The zero-order valence-electron chi connectivity index (χ0n) is 15.4. The lowest BCUT2D eigenvalue weighted by atomic mass is 9.99. The van der Waals surface area contributed by atoms with E-state index in [2.05, 4.69) is 46.1 Å². The van der Waals surface area contributed by atoms with Gasteiger partial charge >= 0.3 is 0 Å². The van der Waals surface area contributed by atoms with Crippen molar-refractivity contribution in [1.29, 1.82) is 0 Å². The molecule has 0 saturated heterocycles. The van der Waals surface area contributed by atoms with Gasteiger partial charge in [-0.3, -0.25) is 0 Å². The quantitative estimate of drug-likeness (QED) is 0.522. The molecular weight excluding hydrogens is 348 g/mol. The van der Waals surface area contributed by atoms with Crippen LogP contribution in [0.25, 0.3) is 33.3 Å². The Bertz CT molecular complexity index is 1320. The molecule has 0 radical (unpaired) electrons. The van der Waals surface area contributed by atoms with E-state index in [1.807, 2.05) is 34.9 Å². The van der Waals surface area contributed by atoms with Gasteiger partial charge in [0.15, 0.2) is 11.5 Å². The molecule has 136 valence electrons. The van der Waals surface area contributed by atoms with E-state index in [4.69, 9.17) is 10.7 Å². The van der Waals surface area contributed by atoms with Crippen LogP contribution >= 0.6 is 0 Å². The van der Waals surface area contributed by atoms with E-state index in [0.29, 0.717) is 17.9 Å². The summed E-state index contributed by atoms with van der Waals surface area (Å²) in [4.78, 5) is 17.8. The lowest BCUT2D eigenvalue weighted by Crippen LogP contribution is -2.04. The third kappa shape index (κ3) is 2.66. The molecule has 0 aliphatic heterocycles. The van der Waals surface area contributed by atoms with Crippen LogP contribution in [0, 0.1) is 6.92 Å². The summed E-state index contributed by atoms with van der Waals surface area (Å²) in [6, 6.07) is 18.7. The number of hydrogen-bond donors (Lipinski definition) is 1. The van der Waals surface area contributed by atoms with Crippen LogP contribution in [0.3, 0.4) is 0 Å². The van der Waals surface area contributed by atoms with E-state index in [0.717, 1.165) is 33.4 Å². The van der Waals surface area contributed by atoms with Gasteiger partial charge < -0.3 is 10.3 Å². The second-order valence-electron chi connectivity index (χ2n) is 6.81. The number of pyridine rings is 1. The molecule has 0 unspecified atom stereocenters. The number of fused-ring (bicyclic) bond motifs is 2. The Morgan fingerprint density at radius 2 is 1.79 bits per heavy atom. The number of aryl methyl sites for hydroxylation is 1. The van der Waals surface area contributed by atoms with Gasteiger partial charge in [0.25, 0.3) is 0 Å². The SMILES string of the molecule is Cc1ccccc1-c1nc2ccccc2cc1Cn1cnc2c(N)ncnc21. The fourth-order valence-corrected chi connectivity index (χ4v) is 3.55. The van der Waals surface area contributed by atoms with Crippen molar-refractivity contribution in [3.05, 3.63) is 78.4 Å². The summed E-state index contributed by atoms with van der Waals surface area (Å²) < 4.78 is 1.99. The number of nitrogens with zero attached hydrogens (tertiary/aromatic N) is 5. The van der Waals surface area contributed by atoms with Gasteiger partial charge in [0, 0.05) is 10.9 Å². The van der Waals surface area contributed by atoms with Crippen molar-refractivity contribution in [2.24, 2.45) is 0 Å². The zero-order valence-corrected chi connectivity index (χ0v) is 15.4. The molecule has 2 N–H and O–H groups in total. The van der Waals surface area contributed by atoms with Crippen molar-refractivity contribution in [3.63, 3.8) is 0 Å². The number of imidazole rings is 1. The van der Waals surface area contributed by atoms with Gasteiger partial charge in [0.1, 0.15) is 11.8 Å². The minimum Gasteiger partial charge on any atom is -0.382 e. The van der Waals surface area contributed by atoms with Crippen molar-refractivity contribution < 1.29 is 0 Å². The molecule has 0 aliphatic carbocycles. The molecule has 0 saturated carbocycles. The molecule has 5 aromatic rings. The number of aromatic nitrogens is 5. The van der Waals surface area contributed by atoms with Crippen molar-refractivity contribution in [2.45, 2.75) is 13.5 Å². The van der Waals surface area contributed by atoms with Gasteiger partial charge in [-0.25, -0.2) is 19.9 Å². The highest BCUT2D eigenvalue weighted by Crippen LogP contribution is 2.29. The summed E-state index contributed by atoms with van der Waals surface area (Å²) in [5, 5.41) is 1.10. The topological polar surface area (TPSA) is 82.5 Å². The average molecular weight is 366 g/mol. The molecule has 5 rings (SSSR count). The molecular formula is C22H18N6. The zero-order chi connectivity index (χ0) is 19.1. The van der Waals surface area contributed by atoms with Crippen molar-refractivity contribution in [1.82, 2.24) is 24.5 Å². The summed E-state index contributed by atoms with van der Waals surface area (Å²) >= 11 is 0. The fourth-order valence-electron chi connectivity index (χ4n) is 3.55. The maximum atomic E-state index is 5.94. The molecule has 0 aliphatic rings. The molecule has 0 amide bonds. The molecule has 0 atom stereocenters. The van der Waals surface area contributed by atoms with Gasteiger partial charge in [-0.2, -0.15) is 0 Å². The van der Waals surface area contributed by atoms with Crippen molar-refractivity contribution >= 4 is 27.9 Å². The van der Waals surface area contributed by atoms with E-state index in [-0.39, 0.29) is 0 Å². The normalized spacial score (nSPS) is 11.3. The van der Waals surface area contributed by atoms with Gasteiger partial charge in [-0.15, -0.1) is 0 Å². The molecule has 0 spiro atoms. The lowest BCUT2D eigenvalue weighted by molar-refractivity contribution is 0.812. The van der Waals surface area contributed by atoms with Crippen LogP contribution < -0.4 is 5.73 Å². The van der Waals surface area contributed by atoms with Gasteiger partial charge in [0.2, 0.25) is 0 Å². The van der Waals surface area contributed by atoms with Gasteiger partial charge in [0.05, 0.1) is 24.1 Å². The van der Waals surface area contributed by atoms with Crippen LogP contribution in [0.4, 0.5) is 5.82 Å². The first-order chi connectivity index (χ1) is 13.7. The molecule has 6 nitrogen and oxygen atoms in total. The third-order valence-electron chi connectivity index (χ3n) is 4.97. The summed E-state index contributed by atoms with van der Waals surface area (Å²) in [5.74, 6) is 0.388. The predicted molar refractivity (Wildman–Crippen MR) is 111 cm³/mol.